The van der Waals surface area contributed by atoms with Crippen LogP contribution in [0.5, 0.6) is 0 Å². The van der Waals surface area contributed by atoms with Crippen LogP contribution < -0.4 is 5.73 Å². The topological polar surface area (TPSA) is 61.5 Å². The monoisotopic (exact) mass is 223 g/mol. The predicted molar refractivity (Wildman–Crippen MR) is 62.0 cm³/mol. The molecule has 0 unspecified atom stereocenters. The molecule has 0 saturated heterocycles. The van der Waals surface area contributed by atoms with Crippen molar-refractivity contribution in [3.05, 3.63) is 29.3 Å². The number of carbonyl (C=O) groups is 1. The molecule has 0 aliphatic heterocycles. The van der Waals surface area contributed by atoms with Gasteiger partial charge in [0, 0.05) is 5.69 Å². The molecule has 0 radical (unpaired) electrons. The minimum absolute atomic E-state index is 0.183. The summed E-state index contributed by atoms with van der Waals surface area (Å²) in [6, 6.07) is 5.10. The normalized spacial score (nSPS) is 11.2. The van der Waals surface area contributed by atoms with Gasteiger partial charge >= 0.3 is 5.97 Å². The van der Waals surface area contributed by atoms with Gasteiger partial charge in [0.15, 0.2) is 0 Å². The number of benzene rings is 1. The molecule has 4 nitrogen and oxygen atoms in total. The third-order valence-corrected chi connectivity index (χ3v) is 2.23. The molecule has 0 spiro atoms. The van der Waals surface area contributed by atoms with Crippen LogP contribution in [-0.2, 0) is 15.2 Å². The summed E-state index contributed by atoms with van der Waals surface area (Å²) >= 11 is 0. The molecule has 0 aliphatic rings. The van der Waals surface area contributed by atoms with Gasteiger partial charge in [-0.2, -0.15) is 4.89 Å². The minimum atomic E-state index is -0.507. The molecule has 0 saturated carbocycles. The lowest BCUT2D eigenvalue weighted by molar-refractivity contribution is -0.216. The van der Waals surface area contributed by atoms with Crippen molar-refractivity contribution in [1.29, 1.82) is 0 Å². The summed E-state index contributed by atoms with van der Waals surface area (Å²) < 4.78 is 0. The van der Waals surface area contributed by atoms with Gasteiger partial charge in [0.05, 0.1) is 12.7 Å². The van der Waals surface area contributed by atoms with E-state index in [2.05, 4.69) is 9.78 Å². The SMILES string of the molecule is COOC(=O)c1ccc(N)cc1C(C)(C)C. The summed E-state index contributed by atoms with van der Waals surface area (Å²) in [5.74, 6) is -0.507. The third-order valence-electron chi connectivity index (χ3n) is 2.23. The van der Waals surface area contributed by atoms with Gasteiger partial charge in [-0.15, -0.1) is 0 Å². The predicted octanol–water partition coefficient (Wildman–Crippen LogP) is 2.28. The van der Waals surface area contributed by atoms with Gasteiger partial charge in [-0.25, -0.2) is 4.79 Å². The van der Waals surface area contributed by atoms with Crippen molar-refractivity contribution in [2.24, 2.45) is 0 Å². The average molecular weight is 223 g/mol. The Morgan fingerprint density at radius 3 is 2.44 bits per heavy atom. The molecule has 1 aromatic rings. The highest BCUT2D eigenvalue weighted by atomic mass is 17.2. The molecule has 0 heterocycles. The van der Waals surface area contributed by atoms with E-state index in [1.54, 1.807) is 18.2 Å². The number of anilines is 1. The van der Waals surface area contributed by atoms with Gasteiger partial charge in [-0.1, -0.05) is 20.8 Å². The summed E-state index contributed by atoms with van der Waals surface area (Å²) in [5, 5.41) is 0. The first kappa shape index (κ1) is 12.5. The number of nitrogens with two attached hydrogens (primary N) is 1. The van der Waals surface area contributed by atoms with Crippen molar-refractivity contribution in [3.8, 4) is 0 Å². The van der Waals surface area contributed by atoms with Crippen LogP contribution in [0.3, 0.4) is 0 Å². The zero-order chi connectivity index (χ0) is 12.3. The van der Waals surface area contributed by atoms with Gasteiger partial charge in [-0.3, -0.25) is 4.89 Å². The maximum atomic E-state index is 11.6. The molecule has 0 bridgehead atoms. The van der Waals surface area contributed by atoms with E-state index in [4.69, 9.17) is 5.73 Å². The summed E-state index contributed by atoms with van der Waals surface area (Å²) in [7, 11) is 1.30. The average Bonchev–Trinajstić information content (AvgIpc) is 2.16. The van der Waals surface area contributed by atoms with Crippen LogP contribution in [0.1, 0.15) is 36.7 Å². The lowest BCUT2D eigenvalue weighted by Gasteiger charge is -2.22. The van der Waals surface area contributed by atoms with Gasteiger partial charge < -0.3 is 5.73 Å². The molecule has 0 fully saturated rings. The Morgan fingerprint density at radius 1 is 1.31 bits per heavy atom. The maximum Gasteiger partial charge on any atom is 0.373 e. The van der Waals surface area contributed by atoms with E-state index < -0.39 is 5.97 Å². The van der Waals surface area contributed by atoms with Crippen molar-refractivity contribution in [2.45, 2.75) is 26.2 Å². The standard InChI is InChI=1S/C12H17NO3/c1-12(2,3)10-7-8(13)5-6-9(10)11(14)16-15-4/h5-7H,13H2,1-4H3. The molecular weight excluding hydrogens is 206 g/mol. The van der Waals surface area contributed by atoms with Crippen molar-refractivity contribution in [2.75, 3.05) is 12.8 Å². The van der Waals surface area contributed by atoms with Crippen LogP contribution >= 0.6 is 0 Å². The second-order valence-corrected chi connectivity index (χ2v) is 4.59. The third kappa shape index (κ3) is 2.73. The molecule has 16 heavy (non-hydrogen) atoms. The molecule has 88 valence electrons. The largest absolute Gasteiger partial charge is 0.399 e. The van der Waals surface area contributed by atoms with Crippen LogP contribution in [0.2, 0.25) is 0 Å². The van der Waals surface area contributed by atoms with Crippen molar-refractivity contribution < 1.29 is 14.6 Å². The van der Waals surface area contributed by atoms with E-state index >= 15 is 0 Å². The Bertz CT molecular complexity index is 394. The maximum absolute atomic E-state index is 11.6. The Morgan fingerprint density at radius 2 is 1.94 bits per heavy atom. The Labute approximate surface area is 95.3 Å². The summed E-state index contributed by atoms with van der Waals surface area (Å²) in [5.41, 5.74) is 7.47. The second kappa shape index (κ2) is 4.53. The van der Waals surface area contributed by atoms with E-state index in [0.29, 0.717) is 11.3 Å². The molecule has 0 amide bonds. The molecule has 4 heteroatoms. The first-order valence-electron chi connectivity index (χ1n) is 5.01. The van der Waals surface area contributed by atoms with Crippen LogP contribution in [-0.4, -0.2) is 13.1 Å². The van der Waals surface area contributed by atoms with Gasteiger partial charge in [0.25, 0.3) is 0 Å². The van der Waals surface area contributed by atoms with Gasteiger partial charge in [-0.05, 0) is 29.2 Å². The van der Waals surface area contributed by atoms with Crippen molar-refractivity contribution in [1.82, 2.24) is 0 Å². The number of hydrogen-bond donors (Lipinski definition) is 1. The van der Waals surface area contributed by atoms with Crippen molar-refractivity contribution >= 4 is 11.7 Å². The molecule has 0 aliphatic carbocycles. The van der Waals surface area contributed by atoms with Crippen LogP contribution in [0.4, 0.5) is 5.69 Å². The lowest BCUT2D eigenvalue weighted by atomic mass is 9.83. The van der Waals surface area contributed by atoms with E-state index in [-0.39, 0.29) is 5.41 Å². The summed E-state index contributed by atoms with van der Waals surface area (Å²) in [6.45, 7) is 6.02. The number of rotatable bonds is 2. The van der Waals surface area contributed by atoms with Crippen LogP contribution in [0.25, 0.3) is 0 Å². The van der Waals surface area contributed by atoms with E-state index in [0.717, 1.165) is 5.56 Å². The Hall–Kier alpha value is -1.55. The van der Waals surface area contributed by atoms with Crippen LogP contribution in [0, 0.1) is 0 Å². The first-order valence-corrected chi connectivity index (χ1v) is 5.01. The summed E-state index contributed by atoms with van der Waals surface area (Å²) in [6.07, 6.45) is 0. The highest BCUT2D eigenvalue weighted by Crippen LogP contribution is 2.28. The zero-order valence-electron chi connectivity index (χ0n) is 10.0. The Balaban J connectivity index is 3.23. The second-order valence-electron chi connectivity index (χ2n) is 4.59. The first-order chi connectivity index (χ1) is 7.36. The zero-order valence-corrected chi connectivity index (χ0v) is 10.0. The smallest absolute Gasteiger partial charge is 0.373 e. The summed E-state index contributed by atoms with van der Waals surface area (Å²) in [4.78, 5) is 20.5. The molecule has 0 aromatic heterocycles. The fourth-order valence-corrected chi connectivity index (χ4v) is 1.48. The van der Waals surface area contributed by atoms with Crippen LogP contribution in [0.15, 0.2) is 18.2 Å². The number of hydrogen-bond acceptors (Lipinski definition) is 4. The Kier molecular flexibility index (Phi) is 3.55. The number of nitrogen functional groups attached to an aromatic ring is 1. The molecule has 0 atom stereocenters. The quantitative estimate of drug-likeness (QED) is 0.474. The molecule has 2 N–H and O–H groups in total. The fourth-order valence-electron chi connectivity index (χ4n) is 1.48. The lowest BCUT2D eigenvalue weighted by Crippen LogP contribution is -2.18. The molecule has 1 aromatic carbocycles. The number of carbonyl (C=O) groups excluding carboxylic acids is 1. The van der Waals surface area contributed by atoms with E-state index in [1.807, 2.05) is 20.8 Å². The van der Waals surface area contributed by atoms with Gasteiger partial charge in [0.2, 0.25) is 0 Å². The molecule has 1 rings (SSSR count). The van der Waals surface area contributed by atoms with Gasteiger partial charge in [0.1, 0.15) is 0 Å². The highest BCUT2D eigenvalue weighted by Gasteiger charge is 2.23. The highest BCUT2D eigenvalue weighted by molar-refractivity contribution is 5.91. The van der Waals surface area contributed by atoms with Crippen molar-refractivity contribution in [3.63, 3.8) is 0 Å². The van der Waals surface area contributed by atoms with E-state index in [1.165, 1.54) is 7.11 Å². The minimum Gasteiger partial charge on any atom is -0.399 e. The molecular formula is C12H17NO3. The fraction of sp³-hybridized carbons (Fsp3) is 0.417. The van der Waals surface area contributed by atoms with E-state index in [9.17, 15) is 4.79 Å².